The van der Waals surface area contributed by atoms with Crippen LogP contribution in [-0.4, -0.2) is 13.2 Å². The molecule has 1 rings (SSSR count). The Labute approximate surface area is 195 Å². The summed E-state index contributed by atoms with van der Waals surface area (Å²) < 4.78 is 21.7. The van der Waals surface area contributed by atoms with E-state index < -0.39 is 7.82 Å². The SMILES string of the molecule is CCCCCCCCCCCCCCCCCCOP(=O)([O-])OCCc1sc[nH+]c1C. The van der Waals surface area contributed by atoms with E-state index in [1.807, 2.05) is 12.4 Å². The lowest BCUT2D eigenvalue weighted by Crippen LogP contribution is -2.11. The normalized spacial score (nSPS) is 13.5. The van der Waals surface area contributed by atoms with Gasteiger partial charge in [-0.2, -0.15) is 0 Å². The summed E-state index contributed by atoms with van der Waals surface area (Å²) in [5.41, 5.74) is 2.94. The third-order valence-corrected chi connectivity index (χ3v) is 7.75. The average molecular weight is 476 g/mol. The predicted octanol–water partition coefficient (Wildman–Crippen LogP) is 7.18. The molecule has 1 N–H and O–H groups in total. The molecule has 1 unspecified atom stereocenters. The number of rotatable bonds is 22. The molecule has 182 valence electrons. The molecule has 0 aromatic carbocycles. The third-order valence-electron chi connectivity index (χ3n) is 5.72. The fourth-order valence-electron chi connectivity index (χ4n) is 3.72. The number of nitrogens with one attached hydrogen (secondary N) is 1. The lowest BCUT2D eigenvalue weighted by atomic mass is 10.0. The number of unbranched alkanes of at least 4 members (excludes halogenated alkanes) is 15. The fourth-order valence-corrected chi connectivity index (χ4v) is 5.28. The summed E-state index contributed by atoms with van der Waals surface area (Å²) in [6.07, 6.45) is 21.3. The van der Waals surface area contributed by atoms with Crippen LogP contribution in [0.15, 0.2) is 5.51 Å². The number of thiazole rings is 1. The molecular weight excluding hydrogens is 429 g/mol. The molecule has 0 fully saturated rings. The van der Waals surface area contributed by atoms with Crippen LogP contribution in [0.3, 0.4) is 0 Å². The Bertz CT molecular complexity index is 582. The number of aromatic amines is 1. The number of phosphoric ester groups is 1. The van der Waals surface area contributed by atoms with Gasteiger partial charge in [-0.05, 0) is 6.42 Å². The molecule has 0 amide bonds. The second kappa shape index (κ2) is 19.2. The summed E-state index contributed by atoms with van der Waals surface area (Å²) >= 11 is 1.57. The van der Waals surface area contributed by atoms with E-state index in [1.54, 1.807) is 11.3 Å². The van der Waals surface area contributed by atoms with Crippen molar-refractivity contribution in [2.75, 3.05) is 13.2 Å². The van der Waals surface area contributed by atoms with Gasteiger partial charge in [0, 0.05) is 13.3 Å². The zero-order valence-electron chi connectivity index (χ0n) is 20.0. The summed E-state index contributed by atoms with van der Waals surface area (Å²) in [6, 6.07) is 0. The van der Waals surface area contributed by atoms with Crippen LogP contribution in [0, 0.1) is 6.92 Å². The number of H-pyrrole nitrogens is 1. The van der Waals surface area contributed by atoms with E-state index in [-0.39, 0.29) is 13.2 Å². The molecule has 1 aromatic rings. The van der Waals surface area contributed by atoms with Gasteiger partial charge in [0.05, 0.1) is 18.1 Å². The van der Waals surface area contributed by atoms with Gasteiger partial charge in [0.15, 0.2) is 5.69 Å². The van der Waals surface area contributed by atoms with Crippen molar-refractivity contribution in [2.24, 2.45) is 0 Å². The number of aromatic nitrogens is 1. The minimum atomic E-state index is -4.17. The maximum atomic E-state index is 11.8. The van der Waals surface area contributed by atoms with Crippen molar-refractivity contribution in [1.82, 2.24) is 0 Å². The minimum Gasteiger partial charge on any atom is -0.756 e. The first kappa shape index (κ1) is 28.8. The van der Waals surface area contributed by atoms with E-state index >= 15 is 0 Å². The number of hydrogen-bond donors (Lipinski definition) is 0. The molecule has 0 aliphatic carbocycles. The van der Waals surface area contributed by atoms with Gasteiger partial charge in [0.25, 0.3) is 7.82 Å². The smallest absolute Gasteiger partial charge is 0.267 e. The number of aryl methyl sites for hydroxylation is 1. The minimum absolute atomic E-state index is 0.134. The summed E-state index contributed by atoms with van der Waals surface area (Å²) in [7, 11) is -4.17. The molecule has 0 saturated carbocycles. The third kappa shape index (κ3) is 17.0. The van der Waals surface area contributed by atoms with Crippen LogP contribution in [0.4, 0.5) is 0 Å². The number of hydrogen-bond acceptors (Lipinski definition) is 5. The van der Waals surface area contributed by atoms with Gasteiger partial charge in [-0.3, -0.25) is 4.57 Å². The van der Waals surface area contributed by atoms with Crippen molar-refractivity contribution < 1.29 is 23.5 Å². The molecule has 7 heteroatoms. The van der Waals surface area contributed by atoms with Crippen LogP contribution in [0.25, 0.3) is 0 Å². The van der Waals surface area contributed by atoms with Gasteiger partial charge in [0.2, 0.25) is 5.51 Å². The van der Waals surface area contributed by atoms with Gasteiger partial charge >= 0.3 is 0 Å². The van der Waals surface area contributed by atoms with Crippen LogP contribution in [0.5, 0.6) is 0 Å². The molecule has 0 aliphatic heterocycles. The zero-order valence-corrected chi connectivity index (χ0v) is 21.7. The lowest BCUT2D eigenvalue weighted by Gasteiger charge is -2.22. The Morgan fingerprint density at radius 2 is 1.26 bits per heavy atom. The summed E-state index contributed by atoms with van der Waals surface area (Å²) in [4.78, 5) is 16.0. The van der Waals surface area contributed by atoms with Crippen LogP contribution in [0.1, 0.15) is 120 Å². The highest BCUT2D eigenvalue weighted by atomic mass is 32.1. The van der Waals surface area contributed by atoms with E-state index in [4.69, 9.17) is 9.05 Å². The molecule has 0 bridgehead atoms. The Kier molecular flexibility index (Phi) is 17.8. The Morgan fingerprint density at radius 1 is 0.806 bits per heavy atom. The molecule has 5 nitrogen and oxygen atoms in total. The van der Waals surface area contributed by atoms with Crippen molar-refractivity contribution in [2.45, 2.75) is 123 Å². The van der Waals surface area contributed by atoms with Crippen LogP contribution in [-0.2, 0) is 20.0 Å². The van der Waals surface area contributed by atoms with E-state index in [2.05, 4.69) is 11.9 Å². The first-order valence-electron chi connectivity index (χ1n) is 12.6. The molecule has 0 aliphatic rings. The monoisotopic (exact) mass is 475 g/mol. The van der Waals surface area contributed by atoms with Crippen molar-refractivity contribution in [3.05, 3.63) is 16.1 Å². The Hall–Kier alpha value is -0.260. The molecule has 0 saturated heterocycles. The van der Waals surface area contributed by atoms with Crippen molar-refractivity contribution in [3.63, 3.8) is 0 Å². The van der Waals surface area contributed by atoms with Gasteiger partial charge < -0.3 is 13.9 Å². The maximum Gasteiger partial charge on any atom is 0.267 e. The van der Waals surface area contributed by atoms with Gasteiger partial charge in [-0.1, -0.05) is 115 Å². The van der Waals surface area contributed by atoms with E-state index in [0.717, 1.165) is 29.8 Å². The fraction of sp³-hybridized carbons (Fsp3) is 0.875. The standard InChI is InChI=1S/C24H46NO4PS/c1-3-4-5-6-7-8-9-10-11-12-13-14-15-16-17-18-20-28-30(26,27)29-21-19-24-23(2)25-22-31-24/h22H,3-21H2,1-2H3,(H,26,27). The molecule has 0 spiro atoms. The molecular formula is C24H46NO4PS. The first-order valence-corrected chi connectivity index (χ1v) is 14.9. The highest BCUT2D eigenvalue weighted by Gasteiger charge is 2.12. The highest BCUT2D eigenvalue weighted by molar-refractivity contribution is 7.45. The predicted molar refractivity (Wildman–Crippen MR) is 128 cm³/mol. The zero-order chi connectivity index (χ0) is 22.6. The second-order valence-corrected chi connectivity index (χ2v) is 11.0. The Morgan fingerprint density at radius 3 is 1.71 bits per heavy atom. The molecule has 1 heterocycles. The summed E-state index contributed by atoms with van der Waals surface area (Å²) in [5, 5.41) is 0. The molecule has 1 aromatic heterocycles. The summed E-state index contributed by atoms with van der Waals surface area (Å²) in [5.74, 6) is 0. The highest BCUT2D eigenvalue weighted by Crippen LogP contribution is 2.38. The molecule has 31 heavy (non-hydrogen) atoms. The van der Waals surface area contributed by atoms with E-state index in [0.29, 0.717) is 6.42 Å². The topological polar surface area (TPSA) is 72.7 Å². The van der Waals surface area contributed by atoms with Crippen molar-refractivity contribution in [1.29, 1.82) is 0 Å². The van der Waals surface area contributed by atoms with E-state index in [1.165, 1.54) is 83.5 Å². The Balaban J connectivity index is 1.81. The maximum absolute atomic E-state index is 11.8. The molecule has 0 radical (unpaired) electrons. The average Bonchev–Trinajstić information content (AvgIpc) is 3.15. The van der Waals surface area contributed by atoms with Crippen molar-refractivity contribution >= 4 is 19.2 Å². The number of phosphoric acid groups is 1. The van der Waals surface area contributed by atoms with E-state index in [9.17, 15) is 9.46 Å². The lowest BCUT2D eigenvalue weighted by molar-refractivity contribution is -0.380. The quantitative estimate of drug-likeness (QED) is 0.132. The molecule has 1 atom stereocenters. The van der Waals surface area contributed by atoms with Gasteiger partial charge in [0.1, 0.15) is 0 Å². The van der Waals surface area contributed by atoms with Crippen LogP contribution in [0.2, 0.25) is 0 Å². The van der Waals surface area contributed by atoms with Crippen LogP contribution < -0.4 is 9.88 Å². The van der Waals surface area contributed by atoms with Crippen molar-refractivity contribution in [3.8, 4) is 0 Å². The summed E-state index contributed by atoms with van der Waals surface area (Å²) in [6.45, 7) is 4.60. The van der Waals surface area contributed by atoms with Gasteiger partial charge in [-0.25, -0.2) is 4.98 Å². The van der Waals surface area contributed by atoms with Crippen LogP contribution >= 0.6 is 19.2 Å². The largest absolute Gasteiger partial charge is 0.756 e. The van der Waals surface area contributed by atoms with Gasteiger partial charge in [-0.15, -0.1) is 0 Å². The second-order valence-electron chi connectivity index (χ2n) is 8.60. The first-order chi connectivity index (χ1) is 15.0.